The number of fused-ring (bicyclic) bond motifs is 4. The second-order valence-corrected chi connectivity index (χ2v) is 6.85. The molecule has 0 radical (unpaired) electrons. The zero-order valence-electron chi connectivity index (χ0n) is 15.1. The normalized spacial score (nSPS) is 13.8. The molecule has 0 saturated carbocycles. The van der Waals surface area contributed by atoms with Crippen LogP contribution in [0.5, 0.6) is 5.75 Å². The molecular weight excluding hydrogens is 352 g/mol. The van der Waals surface area contributed by atoms with Crippen LogP contribution in [-0.2, 0) is 0 Å². The summed E-state index contributed by atoms with van der Waals surface area (Å²) in [6.45, 7) is 1.88. The SMILES string of the molecule is CC1=Nc2ccccc2N=C(c2c(O)c3ccc4ccccc4c3oc2=O)C1. The van der Waals surface area contributed by atoms with E-state index in [1.165, 1.54) is 0 Å². The summed E-state index contributed by atoms with van der Waals surface area (Å²) in [6.07, 6.45) is 0.353. The van der Waals surface area contributed by atoms with E-state index in [0.717, 1.165) is 22.2 Å². The number of benzene rings is 3. The summed E-state index contributed by atoms with van der Waals surface area (Å²) in [5, 5.41) is 13.2. The van der Waals surface area contributed by atoms with E-state index in [1.807, 2.05) is 61.5 Å². The summed E-state index contributed by atoms with van der Waals surface area (Å²) in [5.41, 5.74) is 2.52. The number of rotatable bonds is 1. The van der Waals surface area contributed by atoms with Gasteiger partial charge in [-0.1, -0.05) is 42.5 Å². The van der Waals surface area contributed by atoms with Crippen LogP contribution >= 0.6 is 0 Å². The lowest BCUT2D eigenvalue weighted by Crippen LogP contribution is -2.17. The van der Waals surface area contributed by atoms with Crippen LogP contribution in [-0.4, -0.2) is 16.5 Å². The van der Waals surface area contributed by atoms with Crippen LogP contribution < -0.4 is 5.63 Å². The van der Waals surface area contributed by atoms with E-state index >= 15 is 0 Å². The molecule has 5 rings (SSSR count). The maximum Gasteiger partial charge on any atom is 0.349 e. The molecule has 0 unspecified atom stereocenters. The molecule has 0 spiro atoms. The molecule has 0 atom stereocenters. The minimum absolute atomic E-state index is 0.0917. The Morgan fingerprint density at radius 2 is 1.61 bits per heavy atom. The van der Waals surface area contributed by atoms with Gasteiger partial charge in [-0.2, -0.15) is 0 Å². The van der Waals surface area contributed by atoms with Crippen molar-refractivity contribution in [2.75, 3.05) is 0 Å². The maximum absolute atomic E-state index is 12.9. The average Bonchev–Trinajstić information content (AvgIpc) is 2.85. The fourth-order valence-corrected chi connectivity index (χ4v) is 3.64. The van der Waals surface area contributed by atoms with Crippen molar-refractivity contribution in [2.24, 2.45) is 9.98 Å². The second kappa shape index (κ2) is 6.16. The van der Waals surface area contributed by atoms with Crippen molar-refractivity contribution >= 4 is 44.5 Å². The molecule has 0 fully saturated rings. The zero-order valence-corrected chi connectivity index (χ0v) is 15.1. The fourth-order valence-electron chi connectivity index (χ4n) is 3.64. The van der Waals surface area contributed by atoms with E-state index < -0.39 is 5.63 Å². The summed E-state index contributed by atoms with van der Waals surface area (Å²) in [6, 6.07) is 18.7. The Kier molecular flexibility index (Phi) is 3.62. The highest BCUT2D eigenvalue weighted by Crippen LogP contribution is 2.35. The Labute approximate surface area is 160 Å². The Morgan fingerprint density at radius 3 is 2.43 bits per heavy atom. The summed E-state index contributed by atoms with van der Waals surface area (Å²) in [5.74, 6) is -0.108. The van der Waals surface area contributed by atoms with Crippen LogP contribution in [0.25, 0.3) is 21.7 Å². The molecule has 0 amide bonds. The molecule has 1 aliphatic heterocycles. The van der Waals surface area contributed by atoms with Gasteiger partial charge in [-0.15, -0.1) is 0 Å². The van der Waals surface area contributed by atoms with Gasteiger partial charge in [-0.3, -0.25) is 4.99 Å². The van der Waals surface area contributed by atoms with Crippen LogP contribution in [0.4, 0.5) is 11.4 Å². The number of nitrogens with zero attached hydrogens (tertiary/aromatic N) is 2. The smallest absolute Gasteiger partial charge is 0.349 e. The zero-order chi connectivity index (χ0) is 19.3. The second-order valence-electron chi connectivity index (χ2n) is 6.85. The summed E-state index contributed by atoms with van der Waals surface area (Å²) >= 11 is 0. The Hall–Kier alpha value is -3.73. The number of hydrogen-bond acceptors (Lipinski definition) is 5. The summed E-state index contributed by atoms with van der Waals surface area (Å²) in [4.78, 5) is 22.1. The molecular formula is C23H16N2O3. The van der Waals surface area contributed by atoms with Gasteiger partial charge >= 0.3 is 5.63 Å². The van der Waals surface area contributed by atoms with Gasteiger partial charge in [0, 0.05) is 17.5 Å². The first kappa shape index (κ1) is 16.4. The molecule has 1 aromatic heterocycles. The minimum atomic E-state index is -0.604. The fraction of sp³-hybridized carbons (Fsp3) is 0.0870. The first-order valence-electron chi connectivity index (χ1n) is 9.00. The predicted molar refractivity (Wildman–Crippen MR) is 112 cm³/mol. The van der Waals surface area contributed by atoms with E-state index in [0.29, 0.717) is 28.8 Å². The standard InChI is InChI=1S/C23H16N2O3/c1-13-12-19(25-18-9-5-4-8-17(18)24-13)20-21(26)16-11-10-14-6-2-3-7-15(14)22(16)28-23(20)27/h2-11,26H,12H2,1H3. The monoisotopic (exact) mass is 368 g/mol. The Balaban J connectivity index is 1.81. The highest BCUT2D eigenvalue weighted by atomic mass is 16.4. The maximum atomic E-state index is 12.9. The van der Waals surface area contributed by atoms with Gasteiger partial charge in [-0.05, 0) is 30.5 Å². The van der Waals surface area contributed by atoms with Crippen LogP contribution in [0.3, 0.4) is 0 Å². The number of hydrogen-bond donors (Lipinski definition) is 1. The third kappa shape index (κ3) is 2.52. The van der Waals surface area contributed by atoms with E-state index in [1.54, 1.807) is 6.07 Å². The van der Waals surface area contributed by atoms with Gasteiger partial charge in [0.05, 0.1) is 22.5 Å². The van der Waals surface area contributed by atoms with Crippen molar-refractivity contribution in [3.05, 3.63) is 76.6 Å². The Morgan fingerprint density at radius 1 is 0.893 bits per heavy atom. The molecule has 0 bridgehead atoms. The molecule has 2 heterocycles. The number of aliphatic imine (C=N–C) groups is 2. The van der Waals surface area contributed by atoms with Crippen molar-refractivity contribution in [3.8, 4) is 5.75 Å². The highest BCUT2D eigenvalue weighted by molar-refractivity contribution is 6.18. The molecule has 5 nitrogen and oxygen atoms in total. The first-order chi connectivity index (χ1) is 13.6. The lowest BCUT2D eigenvalue weighted by Gasteiger charge is -2.10. The van der Waals surface area contributed by atoms with Crippen molar-refractivity contribution in [1.29, 1.82) is 0 Å². The van der Waals surface area contributed by atoms with Crippen LogP contribution in [0.15, 0.2) is 79.9 Å². The number of aromatic hydroxyl groups is 1. The molecule has 1 N–H and O–H groups in total. The molecule has 0 aliphatic carbocycles. The topological polar surface area (TPSA) is 75.2 Å². The summed E-state index contributed by atoms with van der Waals surface area (Å²) in [7, 11) is 0. The quantitative estimate of drug-likeness (QED) is 0.367. The van der Waals surface area contributed by atoms with Crippen LogP contribution in [0.1, 0.15) is 18.9 Å². The van der Waals surface area contributed by atoms with E-state index in [4.69, 9.17) is 4.42 Å². The lowest BCUT2D eigenvalue weighted by molar-refractivity contribution is 0.466. The van der Waals surface area contributed by atoms with Gasteiger partial charge in [0.2, 0.25) is 0 Å². The third-order valence-corrected chi connectivity index (χ3v) is 4.93. The first-order valence-corrected chi connectivity index (χ1v) is 9.00. The summed E-state index contributed by atoms with van der Waals surface area (Å²) < 4.78 is 5.67. The van der Waals surface area contributed by atoms with Gasteiger partial charge in [0.15, 0.2) is 0 Å². The van der Waals surface area contributed by atoms with Gasteiger partial charge in [0.25, 0.3) is 0 Å². The highest BCUT2D eigenvalue weighted by Gasteiger charge is 2.22. The van der Waals surface area contributed by atoms with E-state index in [2.05, 4.69) is 9.98 Å². The largest absolute Gasteiger partial charge is 0.506 e. The van der Waals surface area contributed by atoms with Crippen molar-refractivity contribution in [2.45, 2.75) is 13.3 Å². The molecule has 5 heteroatoms. The van der Waals surface area contributed by atoms with Crippen molar-refractivity contribution in [3.63, 3.8) is 0 Å². The predicted octanol–water partition coefficient (Wildman–Crippen LogP) is 5.27. The van der Waals surface area contributed by atoms with Gasteiger partial charge in [0.1, 0.15) is 16.9 Å². The van der Waals surface area contributed by atoms with Crippen LogP contribution in [0, 0.1) is 0 Å². The van der Waals surface area contributed by atoms with Gasteiger partial charge < -0.3 is 9.52 Å². The Bertz CT molecular complexity index is 1380. The van der Waals surface area contributed by atoms with Gasteiger partial charge in [-0.25, -0.2) is 9.79 Å². The molecule has 1 aliphatic rings. The van der Waals surface area contributed by atoms with Crippen LogP contribution in [0.2, 0.25) is 0 Å². The molecule has 4 aromatic rings. The van der Waals surface area contributed by atoms with E-state index in [9.17, 15) is 9.90 Å². The average molecular weight is 368 g/mol. The lowest BCUT2D eigenvalue weighted by atomic mass is 10.0. The van der Waals surface area contributed by atoms with Crippen molar-refractivity contribution in [1.82, 2.24) is 0 Å². The number of para-hydroxylation sites is 2. The van der Waals surface area contributed by atoms with Crippen molar-refractivity contribution < 1.29 is 9.52 Å². The molecule has 0 saturated heterocycles. The van der Waals surface area contributed by atoms with E-state index in [-0.39, 0.29) is 11.3 Å². The molecule has 136 valence electrons. The molecule has 28 heavy (non-hydrogen) atoms. The molecule has 3 aromatic carbocycles. The minimum Gasteiger partial charge on any atom is -0.506 e. The third-order valence-electron chi connectivity index (χ3n) is 4.93.